The van der Waals surface area contributed by atoms with Gasteiger partial charge in [0.1, 0.15) is 0 Å². The molecule has 0 saturated carbocycles. The van der Waals surface area contributed by atoms with Crippen LogP contribution in [0, 0.1) is 19.8 Å². The molecule has 140 valence electrons. The van der Waals surface area contributed by atoms with Crippen LogP contribution in [0.25, 0.3) is 5.69 Å². The number of benzene rings is 2. The minimum Gasteiger partial charge on any atom is -0.330 e. The molecule has 1 aliphatic rings. The zero-order valence-electron chi connectivity index (χ0n) is 16.2. The van der Waals surface area contributed by atoms with Crippen molar-refractivity contribution >= 4 is 0 Å². The molecule has 2 N–H and O–H groups in total. The van der Waals surface area contributed by atoms with Crippen molar-refractivity contribution in [3.63, 3.8) is 0 Å². The minimum absolute atomic E-state index is 0.529. The lowest BCUT2D eigenvalue weighted by atomic mass is 9.89. The van der Waals surface area contributed by atoms with Crippen LogP contribution in [0.5, 0.6) is 0 Å². The fourth-order valence-electron chi connectivity index (χ4n) is 4.30. The van der Waals surface area contributed by atoms with E-state index in [2.05, 4.69) is 77.6 Å². The third-order valence-corrected chi connectivity index (χ3v) is 5.64. The maximum atomic E-state index is 6.08. The van der Waals surface area contributed by atoms with Gasteiger partial charge >= 0.3 is 0 Å². The van der Waals surface area contributed by atoms with Crippen molar-refractivity contribution in [1.29, 1.82) is 0 Å². The highest BCUT2D eigenvalue weighted by atomic mass is 15.3. The molecule has 1 saturated heterocycles. The number of rotatable bonds is 5. The van der Waals surface area contributed by atoms with Gasteiger partial charge in [-0.1, -0.05) is 42.5 Å². The zero-order chi connectivity index (χ0) is 18.8. The van der Waals surface area contributed by atoms with E-state index in [1.54, 1.807) is 0 Å². The van der Waals surface area contributed by atoms with E-state index >= 15 is 0 Å². The van der Waals surface area contributed by atoms with Crippen LogP contribution in [0.3, 0.4) is 0 Å². The van der Waals surface area contributed by atoms with Crippen LogP contribution < -0.4 is 5.73 Å². The molecule has 27 heavy (non-hydrogen) atoms. The molecule has 3 aromatic rings. The summed E-state index contributed by atoms with van der Waals surface area (Å²) in [7, 11) is 0. The molecule has 2 aromatic carbocycles. The van der Waals surface area contributed by atoms with E-state index in [1.807, 2.05) is 11.6 Å². The summed E-state index contributed by atoms with van der Waals surface area (Å²) in [6, 6.07) is 21.7. The van der Waals surface area contributed by atoms with Crippen LogP contribution in [0.2, 0.25) is 0 Å². The van der Waals surface area contributed by atoms with Crippen LogP contribution in [0.15, 0.2) is 60.7 Å². The summed E-state index contributed by atoms with van der Waals surface area (Å²) in [6.45, 7) is 7.97. The van der Waals surface area contributed by atoms with Crippen molar-refractivity contribution in [3.05, 3.63) is 83.2 Å². The van der Waals surface area contributed by atoms with Crippen LogP contribution >= 0.6 is 0 Å². The summed E-state index contributed by atoms with van der Waals surface area (Å²) in [5.74, 6) is 1.06. The molecule has 0 amide bonds. The maximum absolute atomic E-state index is 6.08. The molecule has 4 nitrogen and oxygen atoms in total. The van der Waals surface area contributed by atoms with Gasteiger partial charge in [-0.15, -0.1) is 0 Å². The second kappa shape index (κ2) is 7.67. The van der Waals surface area contributed by atoms with Crippen LogP contribution in [-0.4, -0.2) is 34.3 Å². The Hall–Kier alpha value is -2.43. The van der Waals surface area contributed by atoms with Crippen LogP contribution in [0.1, 0.15) is 28.4 Å². The number of nitrogens with zero attached hydrogens (tertiary/aromatic N) is 3. The number of likely N-dealkylation sites (tertiary alicyclic amines) is 1. The second-order valence-electron chi connectivity index (χ2n) is 7.71. The van der Waals surface area contributed by atoms with Gasteiger partial charge < -0.3 is 5.73 Å². The second-order valence-corrected chi connectivity index (χ2v) is 7.71. The van der Waals surface area contributed by atoms with Gasteiger partial charge in [-0.05, 0) is 55.6 Å². The van der Waals surface area contributed by atoms with Gasteiger partial charge in [-0.2, -0.15) is 5.10 Å². The molecule has 2 atom stereocenters. The van der Waals surface area contributed by atoms with Gasteiger partial charge in [0.25, 0.3) is 0 Å². The Balaban J connectivity index is 1.46. The average molecular weight is 361 g/mol. The lowest BCUT2D eigenvalue weighted by Gasteiger charge is -2.17. The molecule has 0 radical (unpaired) electrons. The quantitative estimate of drug-likeness (QED) is 0.755. The Kier molecular flexibility index (Phi) is 5.10. The Morgan fingerprint density at radius 1 is 1.00 bits per heavy atom. The topological polar surface area (TPSA) is 47.1 Å². The number of aromatic nitrogens is 2. The lowest BCUT2D eigenvalue weighted by Crippen LogP contribution is -2.23. The molecular formula is C23H28N4. The molecule has 1 aromatic heterocycles. The number of aryl methyl sites for hydroxylation is 2. The van der Waals surface area contributed by atoms with Crippen molar-refractivity contribution in [3.8, 4) is 5.69 Å². The first-order valence-corrected chi connectivity index (χ1v) is 9.74. The van der Waals surface area contributed by atoms with Crippen LogP contribution in [-0.2, 0) is 6.54 Å². The molecule has 4 heteroatoms. The van der Waals surface area contributed by atoms with Gasteiger partial charge in [0.2, 0.25) is 0 Å². The predicted molar refractivity (Wildman–Crippen MR) is 110 cm³/mol. The number of nitrogens with two attached hydrogens (primary N) is 1. The highest BCUT2D eigenvalue weighted by Gasteiger charge is 2.32. The first-order valence-electron chi connectivity index (χ1n) is 9.74. The Bertz CT molecular complexity index is 883. The van der Waals surface area contributed by atoms with Crippen molar-refractivity contribution < 1.29 is 0 Å². The molecule has 1 fully saturated rings. The largest absolute Gasteiger partial charge is 0.330 e. The smallest absolute Gasteiger partial charge is 0.0648 e. The van der Waals surface area contributed by atoms with E-state index < -0.39 is 0 Å². The van der Waals surface area contributed by atoms with Gasteiger partial charge in [-0.3, -0.25) is 4.90 Å². The van der Waals surface area contributed by atoms with Crippen molar-refractivity contribution in [1.82, 2.24) is 14.7 Å². The summed E-state index contributed by atoms with van der Waals surface area (Å²) in [6.07, 6.45) is 0. The standard InChI is InChI=1S/C23H28N4/c1-17-12-18(2)27(25-17)22-10-8-19(9-11-22)14-26-15-21(13-24)23(16-26)20-6-4-3-5-7-20/h3-12,21,23H,13-16,24H2,1-2H3/t21-,23+/m1/s1. The van der Waals surface area contributed by atoms with Crippen LogP contribution in [0.4, 0.5) is 0 Å². The minimum atomic E-state index is 0.529. The summed E-state index contributed by atoms with van der Waals surface area (Å²) >= 11 is 0. The molecule has 0 bridgehead atoms. The van der Waals surface area contributed by atoms with Gasteiger partial charge in [0, 0.05) is 31.2 Å². The molecule has 4 rings (SSSR count). The highest BCUT2D eigenvalue weighted by molar-refractivity contribution is 5.36. The normalized spacial score (nSPS) is 20.3. The fourth-order valence-corrected chi connectivity index (χ4v) is 4.30. The van der Waals surface area contributed by atoms with Crippen molar-refractivity contribution in [2.75, 3.05) is 19.6 Å². The Morgan fingerprint density at radius 2 is 1.74 bits per heavy atom. The summed E-state index contributed by atoms with van der Waals surface area (Å²) in [4.78, 5) is 2.54. The molecule has 1 aliphatic heterocycles. The first kappa shape index (κ1) is 18.0. The zero-order valence-corrected chi connectivity index (χ0v) is 16.2. The van der Waals surface area contributed by atoms with Gasteiger partial charge in [-0.25, -0.2) is 4.68 Å². The SMILES string of the molecule is Cc1cc(C)n(-c2ccc(CN3C[C@@H](CN)[C@H](c4ccccc4)C3)cc2)n1. The number of hydrogen-bond acceptors (Lipinski definition) is 3. The average Bonchev–Trinajstić information content (AvgIpc) is 3.25. The maximum Gasteiger partial charge on any atom is 0.0648 e. The van der Waals surface area contributed by atoms with Crippen molar-refractivity contribution in [2.24, 2.45) is 11.7 Å². The van der Waals surface area contributed by atoms with E-state index in [4.69, 9.17) is 5.73 Å². The monoisotopic (exact) mass is 360 g/mol. The lowest BCUT2D eigenvalue weighted by molar-refractivity contribution is 0.317. The van der Waals surface area contributed by atoms with E-state index in [-0.39, 0.29) is 0 Å². The molecule has 0 unspecified atom stereocenters. The Morgan fingerprint density at radius 3 is 2.37 bits per heavy atom. The predicted octanol–water partition coefficient (Wildman–Crippen LogP) is 3.66. The van der Waals surface area contributed by atoms with E-state index in [0.29, 0.717) is 11.8 Å². The molecule has 2 heterocycles. The summed E-state index contributed by atoms with van der Waals surface area (Å²) in [5.41, 5.74) is 12.2. The van der Waals surface area contributed by atoms with E-state index in [0.717, 1.165) is 43.3 Å². The van der Waals surface area contributed by atoms with E-state index in [9.17, 15) is 0 Å². The third kappa shape index (κ3) is 3.82. The third-order valence-electron chi connectivity index (χ3n) is 5.64. The first-order chi connectivity index (χ1) is 13.1. The summed E-state index contributed by atoms with van der Waals surface area (Å²) < 4.78 is 2.00. The van der Waals surface area contributed by atoms with E-state index in [1.165, 1.54) is 11.1 Å². The highest BCUT2D eigenvalue weighted by Crippen LogP contribution is 2.32. The molecule has 0 aliphatic carbocycles. The molecule has 0 spiro atoms. The van der Waals surface area contributed by atoms with Gasteiger partial charge in [0.05, 0.1) is 11.4 Å². The fraction of sp³-hybridized carbons (Fsp3) is 0.348. The van der Waals surface area contributed by atoms with Crippen molar-refractivity contribution in [2.45, 2.75) is 26.3 Å². The molecular weight excluding hydrogens is 332 g/mol. The summed E-state index contributed by atoms with van der Waals surface area (Å²) in [5, 5.41) is 4.57. The Labute approximate surface area is 161 Å². The number of hydrogen-bond donors (Lipinski definition) is 1. The van der Waals surface area contributed by atoms with Gasteiger partial charge in [0.15, 0.2) is 0 Å².